The van der Waals surface area contributed by atoms with Crippen LogP contribution in [-0.4, -0.2) is 22.8 Å². The predicted molar refractivity (Wildman–Crippen MR) is 110 cm³/mol. The summed E-state index contributed by atoms with van der Waals surface area (Å²) >= 11 is 0. The molecule has 0 unspecified atom stereocenters. The molecule has 2 N–H and O–H groups in total. The van der Waals surface area contributed by atoms with Crippen molar-refractivity contribution in [2.45, 2.75) is 33.5 Å². The molecule has 1 heterocycles. The highest BCUT2D eigenvalue weighted by Gasteiger charge is 2.22. The van der Waals surface area contributed by atoms with E-state index in [1.165, 1.54) is 5.56 Å². The number of hydrogen-bond acceptors (Lipinski definition) is 3. The average Bonchev–Trinajstić information content (AvgIpc) is 2.93. The molecule has 3 rings (SSSR count). The molecule has 0 aliphatic rings. The molecule has 0 radical (unpaired) electrons. The minimum Gasteiger partial charge on any atom is -0.497 e. The van der Waals surface area contributed by atoms with Crippen molar-refractivity contribution >= 4 is 5.97 Å². The summed E-state index contributed by atoms with van der Waals surface area (Å²) in [5.74, 6) is -0.0929. The van der Waals surface area contributed by atoms with Gasteiger partial charge in [-0.05, 0) is 37.1 Å². The van der Waals surface area contributed by atoms with Crippen LogP contribution in [0.15, 0.2) is 54.6 Å². The highest BCUT2D eigenvalue weighted by atomic mass is 16.5. The van der Waals surface area contributed by atoms with E-state index in [1.54, 1.807) is 7.11 Å². The fourth-order valence-corrected chi connectivity index (χ4v) is 3.57. The molecule has 0 bridgehead atoms. The van der Waals surface area contributed by atoms with Gasteiger partial charge in [-0.15, -0.1) is 0 Å². The molecule has 0 aliphatic carbocycles. The van der Waals surface area contributed by atoms with Crippen molar-refractivity contribution in [1.29, 1.82) is 0 Å². The van der Waals surface area contributed by atoms with E-state index in [1.807, 2.05) is 56.3 Å². The number of carbonyl (C=O) groups is 1. The van der Waals surface area contributed by atoms with E-state index in [0.29, 0.717) is 25.2 Å². The van der Waals surface area contributed by atoms with E-state index in [-0.39, 0.29) is 0 Å². The van der Waals surface area contributed by atoms with Crippen molar-refractivity contribution in [3.8, 4) is 5.75 Å². The third-order valence-corrected chi connectivity index (χ3v) is 5.07. The van der Waals surface area contributed by atoms with Gasteiger partial charge in [-0.1, -0.05) is 42.5 Å². The van der Waals surface area contributed by atoms with E-state index >= 15 is 0 Å². The number of rotatable bonds is 8. The van der Waals surface area contributed by atoms with Gasteiger partial charge in [0.1, 0.15) is 5.75 Å². The summed E-state index contributed by atoms with van der Waals surface area (Å²) < 4.78 is 7.37. The Morgan fingerprint density at radius 2 is 1.71 bits per heavy atom. The number of aromatic carboxylic acids is 1. The molecule has 0 atom stereocenters. The van der Waals surface area contributed by atoms with E-state index in [4.69, 9.17) is 4.74 Å². The summed E-state index contributed by atoms with van der Waals surface area (Å²) in [5.41, 5.74) is 5.21. The maximum Gasteiger partial charge on any atom is 0.337 e. The molecular weight excluding hydrogens is 352 g/mol. The Morgan fingerprint density at radius 1 is 1.00 bits per heavy atom. The lowest BCUT2D eigenvalue weighted by Crippen LogP contribution is -2.15. The molecule has 0 spiro atoms. The largest absolute Gasteiger partial charge is 0.497 e. The summed E-state index contributed by atoms with van der Waals surface area (Å²) in [6.45, 7) is 5.66. The van der Waals surface area contributed by atoms with Crippen LogP contribution < -0.4 is 10.1 Å². The van der Waals surface area contributed by atoms with Crippen LogP contribution in [-0.2, 0) is 19.6 Å². The summed E-state index contributed by atoms with van der Waals surface area (Å²) in [4.78, 5) is 11.9. The van der Waals surface area contributed by atoms with Crippen molar-refractivity contribution in [3.63, 3.8) is 0 Å². The minimum absolute atomic E-state index is 0.390. The number of nitrogens with zero attached hydrogens (tertiary/aromatic N) is 1. The highest BCUT2D eigenvalue weighted by molar-refractivity contribution is 5.91. The van der Waals surface area contributed by atoms with Gasteiger partial charge in [-0.3, -0.25) is 0 Å². The molecule has 0 saturated heterocycles. The smallest absolute Gasteiger partial charge is 0.337 e. The van der Waals surface area contributed by atoms with Crippen LogP contribution in [0.25, 0.3) is 0 Å². The van der Waals surface area contributed by atoms with Gasteiger partial charge in [0.25, 0.3) is 0 Å². The van der Waals surface area contributed by atoms with E-state index in [0.717, 1.165) is 28.3 Å². The van der Waals surface area contributed by atoms with Crippen molar-refractivity contribution < 1.29 is 14.6 Å². The molecule has 146 valence electrons. The van der Waals surface area contributed by atoms with Crippen molar-refractivity contribution in [1.82, 2.24) is 9.88 Å². The Labute approximate surface area is 165 Å². The van der Waals surface area contributed by atoms with Gasteiger partial charge < -0.3 is 19.7 Å². The molecule has 28 heavy (non-hydrogen) atoms. The number of carboxylic acids is 1. The first kappa shape index (κ1) is 19.7. The van der Waals surface area contributed by atoms with Gasteiger partial charge in [-0.25, -0.2) is 4.79 Å². The van der Waals surface area contributed by atoms with Crippen LogP contribution in [0.1, 0.15) is 38.4 Å². The second kappa shape index (κ2) is 8.76. The van der Waals surface area contributed by atoms with Gasteiger partial charge >= 0.3 is 5.97 Å². The van der Waals surface area contributed by atoms with Crippen LogP contribution in [0.3, 0.4) is 0 Å². The molecule has 5 heteroatoms. The quantitative estimate of drug-likeness (QED) is 0.618. The Hall–Kier alpha value is -3.05. The number of benzene rings is 2. The Balaban J connectivity index is 1.85. The molecular formula is C23H26N2O3. The van der Waals surface area contributed by atoms with Gasteiger partial charge in [0.15, 0.2) is 0 Å². The van der Waals surface area contributed by atoms with Crippen LogP contribution in [0.2, 0.25) is 0 Å². The molecule has 1 aromatic heterocycles. The second-order valence-corrected chi connectivity index (χ2v) is 6.86. The van der Waals surface area contributed by atoms with Gasteiger partial charge in [0.05, 0.1) is 12.7 Å². The van der Waals surface area contributed by atoms with Gasteiger partial charge in [0.2, 0.25) is 0 Å². The van der Waals surface area contributed by atoms with E-state index in [2.05, 4.69) is 22.0 Å². The molecule has 0 fully saturated rings. The predicted octanol–water partition coefficient (Wildman–Crippen LogP) is 4.15. The third kappa shape index (κ3) is 4.26. The number of methoxy groups -OCH3 is 1. The number of carboxylic acid groups (broad SMARTS) is 1. The Bertz CT molecular complexity index is 961. The second-order valence-electron chi connectivity index (χ2n) is 6.86. The van der Waals surface area contributed by atoms with Crippen molar-refractivity contribution in [2.75, 3.05) is 7.11 Å². The fraction of sp³-hybridized carbons (Fsp3) is 0.261. The molecule has 0 amide bonds. The molecule has 0 aliphatic heterocycles. The molecule has 0 saturated carbocycles. The monoisotopic (exact) mass is 378 g/mol. The van der Waals surface area contributed by atoms with Crippen LogP contribution in [0.5, 0.6) is 5.75 Å². The zero-order chi connectivity index (χ0) is 20.1. The van der Waals surface area contributed by atoms with E-state index < -0.39 is 5.97 Å². The van der Waals surface area contributed by atoms with Crippen LogP contribution in [0.4, 0.5) is 0 Å². The number of nitrogens with one attached hydrogen (secondary N) is 1. The fourth-order valence-electron chi connectivity index (χ4n) is 3.57. The van der Waals surface area contributed by atoms with Crippen LogP contribution >= 0.6 is 0 Å². The standard InChI is InChI=1S/C23H26N2O3/c1-16-21(14-24-13-18-8-5-4-6-9-18)22(23(26)27)17(2)25(16)15-19-10-7-11-20(12-19)28-3/h4-12,24H,13-15H2,1-3H3,(H,26,27). The third-order valence-electron chi connectivity index (χ3n) is 5.07. The number of hydrogen-bond donors (Lipinski definition) is 2. The zero-order valence-electron chi connectivity index (χ0n) is 16.5. The highest BCUT2D eigenvalue weighted by Crippen LogP contribution is 2.25. The summed E-state index contributed by atoms with van der Waals surface area (Å²) in [6.07, 6.45) is 0. The number of aromatic nitrogens is 1. The first-order chi connectivity index (χ1) is 13.5. The Morgan fingerprint density at radius 3 is 2.39 bits per heavy atom. The maximum atomic E-state index is 11.9. The lowest BCUT2D eigenvalue weighted by Gasteiger charge is -2.11. The van der Waals surface area contributed by atoms with Gasteiger partial charge in [0, 0.05) is 36.6 Å². The summed E-state index contributed by atoms with van der Waals surface area (Å²) in [5, 5.41) is 13.2. The minimum atomic E-state index is -0.887. The summed E-state index contributed by atoms with van der Waals surface area (Å²) in [6, 6.07) is 17.9. The SMILES string of the molecule is COc1cccc(Cn2c(C)c(CNCc3ccccc3)c(C(=O)O)c2C)c1. The van der Waals surface area contributed by atoms with E-state index in [9.17, 15) is 9.90 Å². The summed E-state index contributed by atoms with van der Waals surface area (Å²) in [7, 11) is 1.64. The molecule has 3 aromatic rings. The number of ether oxygens (including phenoxy) is 1. The zero-order valence-corrected chi connectivity index (χ0v) is 16.5. The maximum absolute atomic E-state index is 11.9. The lowest BCUT2D eigenvalue weighted by molar-refractivity contribution is 0.0694. The first-order valence-corrected chi connectivity index (χ1v) is 9.30. The normalized spacial score (nSPS) is 10.8. The lowest BCUT2D eigenvalue weighted by atomic mass is 10.1. The average molecular weight is 378 g/mol. The first-order valence-electron chi connectivity index (χ1n) is 9.30. The topological polar surface area (TPSA) is 63.5 Å². The Kier molecular flexibility index (Phi) is 6.16. The van der Waals surface area contributed by atoms with Crippen molar-refractivity contribution in [3.05, 3.63) is 88.2 Å². The van der Waals surface area contributed by atoms with Crippen molar-refractivity contribution in [2.24, 2.45) is 0 Å². The van der Waals surface area contributed by atoms with Gasteiger partial charge in [-0.2, -0.15) is 0 Å². The molecule has 2 aromatic carbocycles. The van der Waals surface area contributed by atoms with Crippen LogP contribution in [0, 0.1) is 13.8 Å². The molecule has 5 nitrogen and oxygen atoms in total.